The van der Waals surface area contributed by atoms with Crippen molar-refractivity contribution >= 4 is 17.6 Å². The lowest BCUT2D eigenvalue weighted by Crippen LogP contribution is -2.48. The van der Waals surface area contributed by atoms with Crippen LogP contribution in [0.25, 0.3) is 0 Å². The lowest BCUT2D eigenvalue weighted by Gasteiger charge is -2.24. The fourth-order valence-corrected chi connectivity index (χ4v) is 2.19. The summed E-state index contributed by atoms with van der Waals surface area (Å²) in [5, 5.41) is 0. The minimum atomic E-state index is -0.462. The van der Waals surface area contributed by atoms with Crippen LogP contribution in [0.15, 0.2) is 12.1 Å². The number of carbonyl (C=O) groups excluding carboxylic acids is 3. The first kappa shape index (κ1) is 14.4. The zero-order chi connectivity index (χ0) is 14.9. The van der Waals surface area contributed by atoms with Crippen LogP contribution in [-0.2, 0) is 14.3 Å². The van der Waals surface area contributed by atoms with Gasteiger partial charge in [-0.3, -0.25) is 19.3 Å². The number of benzene rings is 1. The summed E-state index contributed by atoms with van der Waals surface area (Å²) in [4.78, 5) is 36.5. The molecular formula is C15H17NO4. The highest BCUT2D eigenvalue weighted by atomic mass is 16.5. The predicted molar refractivity (Wildman–Crippen MR) is 72.5 cm³/mol. The number of imide groups is 1. The molecule has 1 aliphatic rings. The van der Waals surface area contributed by atoms with E-state index in [0.29, 0.717) is 5.56 Å². The summed E-state index contributed by atoms with van der Waals surface area (Å²) in [6, 6.07) is 3.74. The third-order valence-electron chi connectivity index (χ3n) is 3.50. The Morgan fingerprint density at radius 1 is 1.05 bits per heavy atom. The van der Waals surface area contributed by atoms with Crippen molar-refractivity contribution in [2.24, 2.45) is 0 Å². The van der Waals surface area contributed by atoms with E-state index in [1.165, 1.54) is 0 Å². The molecule has 0 atom stereocenters. The summed E-state index contributed by atoms with van der Waals surface area (Å²) in [5.74, 6) is -1.15. The van der Waals surface area contributed by atoms with Gasteiger partial charge >= 0.3 is 0 Å². The molecule has 0 radical (unpaired) electrons. The summed E-state index contributed by atoms with van der Waals surface area (Å²) in [5.41, 5.74) is 3.53. The Balaban J connectivity index is 2.22. The first-order chi connectivity index (χ1) is 9.40. The molecule has 0 saturated carbocycles. The van der Waals surface area contributed by atoms with E-state index < -0.39 is 11.8 Å². The van der Waals surface area contributed by atoms with Crippen LogP contribution in [0.4, 0.5) is 0 Å². The second kappa shape index (κ2) is 5.54. The molecule has 5 nitrogen and oxygen atoms in total. The van der Waals surface area contributed by atoms with Crippen molar-refractivity contribution in [2.75, 3.05) is 19.8 Å². The minimum absolute atomic E-state index is 0.148. The fraction of sp³-hybridized carbons (Fsp3) is 0.400. The number of ether oxygens (including phenoxy) is 1. The van der Waals surface area contributed by atoms with Gasteiger partial charge in [-0.05, 0) is 43.5 Å². The van der Waals surface area contributed by atoms with E-state index in [0.717, 1.165) is 21.6 Å². The highest BCUT2D eigenvalue weighted by molar-refractivity contribution is 6.06. The zero-order valence-corrected chi connectivity index (χ0v) is 11.9. The van der Waals surface area contributed by atoms with E-state index in [1.807, 2.05) is 32.9 Å². The molecule has 0 aromatic heterocycles. The molecule has 1 saturated heterocycles. The molecule has 106 valence electrons. The predicted octanol–water partition coefficient (Wildman–Crippen LogP) is 1.18. The third kappa shape index (κ3) is 2.77. The second-order valence-corrected chi connectivity index (χ2v) is 5.04. The Kier molecular flexibility index (Phi) is 3.99. The van der Waals surface area contributed by atoms with Crippen LogP contribution in [0.1, 0.15) is 27.0 Å². The average molecular weight is 275 g/mol. The van der Waals surface area contributed by atoms with Crippen LogP contribution in [0.2, 0.25) is 0 Å². The van der Waals surface area contributed by atoms with Crippen molar-refractivity contribution in [1.82, 2.24) is 4.90 Å². The van der Waals surface area contributed by atoms with Crippen LogP contribution < -0.4 is 0 Å². The van der Waals surface area contributed by atoms with Gasteiger partial charge in [0.05, 0.1) is 6.54 Å². The molecule has 1 aromatic carbocycles. The summed E-state index contributed by atoms with van der Waals surface area (Å²) in [6.07, 6.45) is 0. The van der Waals surface area contributed by atoms with Crippen molar-refractivity contribution in [3.05, 3.63) is 34.4 Å². The summed E-state index contributed by atoms with van der Waals surface area (Å²) in [7, 11) is 0. The Bertz CT molecular complexity index is 576. The molecule has 1 aliphatic heterocycles. The Hall–Kier alpha value is -2.01. The summed E-state index contributed by atoms with van der Waals surface area (Å²) < 4.78 is 4.82. The largest absolute Gasteiger partial charge is 0.362 e. The van der Waals surface area contributed by atoms with E-state index in [1.54, 1.807) is 0 Å². The second-order valence-electron chi connectivity index (χ2n) is 5.04. The molecule has 2 amide bonds. The summed E-state index contributed by atoms with van der Waals surface area (Å²) >= 11 is 0. The zero-order valence-electron chi connectivity index (χ0n) is 11.9. The van der Waals surface area contributed by atoms with Gasteiger partial charge in [0.2, 0.25) is 0 Å². The van der Waals surface area contributed by atoms with E-state index >= 15 is 0 Å². The quantitative estimate of drug-likeness (QED) is 0.614. The van der Waals surface area contributed by atoms with E-state index in [-0.39, 0.29) is 25.5 Å². The van der Waals surface area contributed by atoms with Crippen LogP contribution >= 0.6 is 0 Å². The number of hydrogen-bond acceptors (Lipinski definition) is 4. The lowest BCUT2D eigenvalue weighted by atomic mass is 9.98. The van der Waals surface area contributed by atoms with E-state index in [9.17, 15) is 14.4 Å². The SMILES string of the molecule is Cc1cc(C)c(C(=O)CN2C(=O)COCC2=O)cc1C. The van der Waals surface area contributed by atoms with Crippen molar-refractivity contribution < 1.29 is 19.1 Å². The molecule has 0 spiro atoms. The van der Waals surface area contributed by atoms with Crippen molar-refractivity contribution in [3.63, 3.8) is 0 Å². The molecule has 1 aromatic rings. The molecule has 0 N–H and O–H groups in total. The number of hydrogen-bond donors (Lipinski definition) is 0. The van der Waals surface area contributed by atoms with Crippen LogP contribution in [0, 0.1) is 20.8 Å². The molecule has 1 heterocycles. The van der Waals surface area contributed by atoms with Crippen LogP contribution in [-0.4, -0.2) is 42.3 Å². The van der Waals surface area contributed by atoms with Crippen LogP contribution in [0.5, 0.6) is 0 Å². The topological polar surface area (TPSA) is 63.7 Å². The Labute approximate surface area is 117 Å². The molecular weight excluding hydrogens is 258 g/mol. The van der Waals surface area contributed by atoms with Gasteiger partial charge in [0.1, 0.15) is 13.2 Å². The first-order valence-corrected chi connectivity index (χ1v) is 6.42. The maximum atomic E-state index is 12.3. The Morgan fingerprint density at radius 2 is 1.60 bits per heavy atom. The first-order valence-electron chi connectivity index (χ1n) is 6.42. The fourth-order valence-electron chi connectivity index (χ4n) is 2.19. The maximum absolute atomic E-state index is 12.3. The summed E-state index contributed by atoms with van der Waals surface area (Å²) in [6.45, 7) is 5.24. The van der Waals surface area contributed by atoms with E-state index in [4.69, 9.17) is 4.74 Å². The van der Waals surface area contributed by atoms with Crippen molar-refractivity contribution in [1.29, 1.82) is 0 Å². The molecule has 1 fully saturated rings. The third-order valence-corrected chi connectivity index (χ3v) is 3.50. The smallest absolute Gasteiger partial charge is 0.255 e. The maximum Gasteiger partial charge on any atom is 0.255 e. The van der Waals surface area contributed by atoms with Crippen molar-refractivity contribution in [2.45, 2.75) is 20.8 Å². The average Bonchev–Trinajstić information content (AvgIpc) is 2.38. The monoisotopic (exact) mass is 275 g/mol. The van der Waals surface area contributed by atoms with Gasteiger partial charge in [-0.15, -0.1) is 0 Å². The normalized spacial score (nSPS) is 15.7. The number of nitrogens with zero attached hydrogens (tertiary/aromatic N) is 1. The number of rotatable bonds is 3. The molecule has 0 aliphatic carbocycles. The lowest BCUT2D eigenvalue weighted by molar-refractivity contribution is -0.157. The standard InChI is InChI=1S/C15H17NO4/c1-9-4-11(3)12(5-10(9)2)13(17)6-16-14(18)7-20-8-15(16)19/h4-5H,6-8H2,1-3H3. The van der Waals surface area contributed by atoms with E-state index in [2.05, 4.69) is 0 Å². The highest BCUT2D eigenvalue weighted by Gasteiger charge is 2.29. The molecule has 0 bridgehead atoms. The number of aryl methyl sites for hydroxylation is 3. The molecule has 20 heavy (non-hydrogen) atoms. The number of Topliss-reactive ketones (excluding diaryl/α,β-unsaturated/α-hetero) is 1. The van der Waals surface area contributed by atoms with Gasteiger partial charge in [0, 0.05) is 5.56 Å². The number of amides is 2. The van der Waals surface area contributed by atoms with Gasteiger partial charge in [-0.25, -0.2) is 0 Å². The van der Waals surface area contributed by atoms with Crippen molar-refractivity contribution in [3.8, 4) is 0 Å². The van der Waals surface area contributed by atoms with Crippen LogP contribution in [0.3, 0.4) is 0 Å². The van der Waals surface area contributed by atoms with Gasteiger partial charge in [0.15, 0.2) is 5.78 Å². The Morgan fingerprint density at radius 3 is 2.20 bits per heavy atom. The van der Waals surface area contributed by atoms with Gasteiger partial charge in [-0.1, -0.05) is 6.07 Å². The number of carbonyl (C=O) groups is 3. The molecule has 5 heteroatoms. The number of morpholine rings is 1. The van der Waals surface area contributed by atoms with Gasteiger partial charge < -0.3 is 4.74 Å². The van der Waals surface area contributed by atoms with Gasteiger partial charge in [0.25, 0.3) is 11.8 Å². The number of ketones is 1. The minimum Gasteiger partial charge on any atom is -0.362 e. The molecule has 0 unspecified atom stereocenters. The van der Waals surface area contributed by atoms with Gasteiger partial charge in [-0.2, -0.15) is 0 Å². The highest BCUT2D eigenvalue weighted by Crippen LogP contribution is 2.16. The molecule has 2 rings (SSSR count).